The monoisotopic (exact) mass is 487 g/mol. The Kier molecular flexibility index (Phi) is 8.82. The van der Waals surface area contributed by atoms with Gasteiger partial charge in [-0.25, -0.2) is 8.42 Å². The van der Waals surface area contributed by atoms with Crippen molar-refractivity contribution in [3.63, 3.8) is 0 Å². The molecule has 0 aliphatic carbocycles. The van der Waals surface area contributed by atoms with Crippen LogP contribution in [0, 0.1) is 12.8 Å². The maximum atomic E-state index is 13.2. The predicted molar refractivity (Wildman–Crippen MR) is 132 cm³/mol. The number of benzene rings is 2. The number of hydrogen-bond donors (Lipinski definition) is 2. The smallest absolute Gasteiger partial charge is 0.255 e. The summed E-state index contributed by atoms with van der Waals surface area (Å²) in [6.07, 6.45) is 2.32. The van der Waals surface area contributed by atoms with E-state index in [1.54, 1.807) is 50.4 Å². The summed E-state index contributed by atoms with van der Waals surface area (Å²) in [5, 5.41) is 5.59. The van der Waals surface area contributed by atoms with E-state index >= 15 is 0 Å². The number of nitrogens with zero attached hydrogens (tertiary/aromatic N) is 1. The molecule has 0 unspecified atom stereocenters. The lowest BCUT2D eigenvalue weighted by atomic mass is 10.0. The Morgan fingerprint density at radius 1 is 1.06 bits per heavy atom. The minimum absolute atomic E-state index is 0.0991. The van der Waals surface area contributed by atoms with Crippen LogP contribution in [0.2, 0.25) is 0 Å². The third-order valence-electron chi connectivity index (χ3n) is 6.06. The van der Waals surface area contributed by atoms with Gasteiger partial charge in [0.1, 0.15) is 0 Å². The molecule has 2 N–H and O–H groups in total. The van der Waals surface area contributed by atoms with Crippen LogP contribution in [0.5, 0.6) is 0 Å². The fourth-order valence-corrected chi connectivity index (χ4v) is 5.37. The van der Waals surface area contributed by atoms with E-state index in [4.69, 9.17) is 4.74 Å². The van der Waals surface area contributed by atoms with Gasteiger partial charge in [-0.15, -0.1) is 0 Å². The molecule has 1 aliphatic heterocycles. The van der Waals surface area contributed by atoms with Crippen molar-refractivity contribution in [2.45, 2.75) is 38.0 Å². The molecular weight excluding hydrogens is 454 g/mol. The highest BCUT2D eigenvalue weighted by Crippen LogP contribution is 2.25. The summed E-state index contributed by atoms with van der Waals surface area (Å²) >= 11 is 0. The van der Waals surface area contributed by atoms with E-state index in [1.807, 2.05) is 0 Å². The lowest BCUT2D eigenvalue weighted by Gasteiger charge is -2.29. The van der Waals surface area contributed by atoms with Crippen molar-refractivity contribution >= 4 is 27.5 Å². The van der Waals surface area contributed by atoms with Gasteiger partial charge in [-0.2, -0.15) is 4.31 Å². The predicted octanol–water partition coefficient (Wildman–Crippen LogP) is 3.43. The van der Waals surface area contributed by atoms with Crippen molar-refractivity contribution in [2.75, 3.05) is 38.7 Å². The molecule has 1 fully saturated rings. The molecule has 34 heavy (non-hydrogen) atoms. The summed E-state index contributed by atoms with van der Waals surface area (Å²) < 4.78 is 32.8. The molecule has 2 amide bonds. The number of carbonyl (C=O) groups excluding carboxylic acids is 2. The number of para-hydroxylation sites is 1. The van der Waals surface area contributed by atoms with Crippen LogP contribution in [0.15, 0.2) is 47.4 Å². The first-order valence-corrected chi connectivity index (χ1v) is 13.0. The molecule has 2 aromatic rings. The summed E-state index contributed by atoms with van der Waals surface area (Å²) in [6.45, 7) is 5.81. The second-order valence-electron chi connectivity index (χ2n) is 8.67. The summed E-state index contributed by atoms with van der Waals surface area (Å²) in [5.74, 6) is -0.274. The number of sulfonamides is 1. The molecule has 1 saturated heterocycles. The molecule has 2 aromatic carbocycles. The third kappa shape index (κ3) is 6.22. The fourth-order valence-electron chi connectivity index (χ4n) is 3.87. The zero-order valence-electron chi connectivity index (χ0n) is 20.0. The van der Waals surface area contributed by atoms with E-state index < -0.39 is 15.9 Å². The van der Waals surface area contributed by atoms with E-state index in [-0.39, 0.29) is 16.4 Å². The van der Waals surface area contributed by atoms with E-state index in [0.29, 0.717) is 55.4 Å². The van der Waals surface area contributed by atoms with Crippen molar-refractivity contribution in [1.82, 2.24) is 9.62 Å². The quantitative estimate of drug-likeness (QED) is 0.527. The number of ether oxygens (including phenoxy) is 1. The van der Waals surface area contributed by atoms with Gasteiger partial charge in [0.05, 0.1) is 16.1 Å². The van der Waals surface area contributed by atoms with E-state index in [9.17, 15) is 18.0 Å². The molecule has 3 rings (SSSR count). The number of methoxy groups -OCH3 is 1. The number of nitrogens with one attached hydrogen (secondary N) is 2. The van der Waals surface area contributed by atoms with Gasteiger partial charge in [-0.05, 0) is 61.9 Å². The van der Waals surface area contributed by atoms with Gasteiger partial charge < -0.3 is 15.4 Å². The number of rotatable bonds is 9. The van der Waals surface area contributed by atoms with E-state index in [1.165, 1.54) is 10.4 Å². The molecule has 1 heterocycles. The Labute approximate surface area is 201 Å². The second-order valence-corrected chi connectivity index (χ2v) is 10.6. The zero-order valence-corrected chi connectivity index (χ0v) is 20.8. The standard InChI is InChI=1S/C25H33N3O5S/c1-18-11-14-28(15-12-18)34(31,32)20-10-9-19(2)22(17-20)25(30)27-23-8-5-4-7-21(23)24(29)26-13-6-16-33-3/h4-5,7-10,17-18H,6,11-16H2,1-3H3,(H,26,29)(H,27,30). The minimum Gasteiger partial charge on any atom is -0.385 e. The largest absolute Gasteiger partial charge is 0.385 e. The first-order chi connectivity index (χ1) is 16.2. The fraction of sp³-hybridized carbons (Fsp3) is 0.440. The first-order valence-electron chi connectivity index (χ1n) is 11.5. The molecule has 1 aliphatic rings. The Morgan fingerprint density at radius 3 is 2.47 bits per heavy atom. The van der Waals surface area contributed by atoms with Crippen LogP contribution in [0.1, 0.15) is 52.5 Å². The van der Waals surface area contributed by atoms with Crippen LogP contribution in [-0.4, -0.2) is 57.9 Å². The summed E-state index contributed by atoms with van der Waals surface area (Å²) in [5.41, 5.74) is 1.58. The number of hydrogen-bond acceptors (Lipinski definition) is 5. The highest BCUT2D eigenvalue weighted by molar-refractivity contribution is 7.89. The zero-order chi connectivity index (χ0) is 24.7. The highest BCUT2D eigenvalue weighted by atomic mass is 32.2. The van der Waals surface area contributed by atoms with Crippen molar-refractivity contribution < 1.29 is 22.7 Å². The molecular formula is C25H33N3O5S. The normalized spacial score (nSPS) is 15.1. The van der Waals surface area contributed by atoms with Gasteiger partial charge in [-0.3, -0.25) is 9.59 Å². The van der Waals surface area contributed by atoms with E-state index in [2.05, 4.69) is 17.6 Å². The molecule has 0 radical (unpaired) electrons. The third-order valence-corrected chi connectivity index (χ3v) is 7.96. The van der Waals surface area contributed by atoms with E-state index in [0.717, 1.165) is 12.8 Å². The van der Waals surface area contributed by atoms with Crippen molar-refractivity contribution in [3.8, 4) is 0 Å². The van der Waals surface area contributed by atoms with Gasteiger partial charge in [0.2, 0.25) is 10.0 Å². The lowest BCUT2D eigenvalue weighted by molar-refractivity contribution is 0.0949. The molecule has 0 bridgehead atoms. The number of carbonyl (C=O) groups is 2. The molecule has 184 valence electrons. The average molecular weight is 488 g/mol. The number of piperidine rings is 1. The number of anilines is 1. The van der Waals surface area contributed by atoms with Gasteiger partial charge >= 0.3 is 0 Å². The molecule has 0 spiro atoms. The second kappa shape index (κ2) is 11.6. The van der Waals surface area contributed by atoms with Crippen LogP contribution >= 0.6 is 0 Å². The molecule has 9 heteroatoms. The van der Waals surface area contributed by atoms with Crippen LogP contribution in [-0.2, 0) is 14.8 Å². The number of aryl methyl sites for hydroxylation is 1. The maximum absolute atomic E-state index is 13.2. The van der Waals surface area contributed by atoms with Crippen molar-refractivity contribution in [3.05, 3.63) is 59.2 Å². The Balaban J connectivity index is 1.79. The highest BCUT2D eigenvalue weighted by Gasteiger charge is 2.29. The van der Waals surface area contributed by atoms with Gasteiger partial charge in [0.15, 0.2) is 0 Å². The SMILES string of the molecule is COCCCNC(=O)c1ccccc1NC(=O)c1cc(S(=O)(=O)N2CCC(C)CC2)ccc1C. The first kappa shape index (κ1) is 25.9. The minimum atomic E-state index is -3.69. The van der Waals surface area contributed by atoms with Gasteiger partial charge in [0, 0.05) is 38.9 Å². The van der Waals surface area contributed by atoms with Crippen LogP contribution < -0.4 is 10.6 Å². The van der Waals surface area contributed by atoms with Crippen LogP contribution in [0.4, 0.5) is 5.69 Å². The Bertz CT molecular complexity index is 1130. The van der Waals surface area contributed by atoms with Gasteiger partial charge in [-0.1, -0.05) is 25.1 Å². The number of amides is 2. The van der Waals surface area contributed by atoms with Crippen molar-refractivity contribution in [2.24, 2.45) is 5.92 Å². The summed E-state index contributed by atoms with van der Waals surface area (Å²) in [6, 6.07) is 11.3. The van der Waals surface area contributed by atoms with Gasteiger partial charge in [0.25, 0.3) is 11.8 Å². The summed E-state index contributed by atoms with van der Waals surface area (Å²) in [7, 11) is -2.09. The molecule has 0 aromatic heterocycles. The topological polar surface area (TPSA) is 105 Å². The maximum Gasteiger partial charge on any atom is 0.255 e. The Hall–Kier alpha value is -2.75. The molecule has 8 nitrogen and oxygen atoms in total. The Morgan fingerprint density at radius 2 is 1.76 bits per heavy atom. The average Bonchev–Trinajstić information content (AvgIpc) is 2.82. The van der Waals surface area contributed by atoms with Crippen LogP contribution in [0.25, 0.3) is 0 Å². The molecule has 0 atom stereocenters. The van der Waals surface area contributed by atoms with Crippen LogP contribution in [0.3, 0.4) is 0 Å². The molecule has 0 saturated carbocycles. The lowest BCUT2D eigenvalue weighted by Crippen LogP contribution is -2.38. The van der Waals surface area contributed by atoms with Crippen molar-refractivity contribution in [1.29, 1.82) is 0 Å². The summed E-state index contributed by atoms with van der Waals surface area (Å²) in [4.78, 5) is 25.8.